The SMILES string of the molecule is O=C(O)CN(C(=O)O)c1ccc(O)cc1. The summed E-state index contributed by atoms with van der Waals surface area (Å²) in [6.07, 6.45) is -1.36. The molecule has 6 nitrogen and oxygen atoms in total. The number of anilines is 1. The first-order valence-corrected chi connectivity index (χ1v) is 4.02. The van der Waals surface area contributed by atoms with E-state index in [0.29, 0.717) is 4.90 Å². The van der Waals surface area contributed by atoms with Crippen LogP contribution in [0.5, 0.6) is 5.75 Å². The molecule has 0 aliphatic rings. The number of carbonyl (C=O) groups is 2. The summed E-state index contributed by atoms with van der Waals surface area (Å²) in [7, 11) is 0. The zero-order valence-corrected chi connectivity index (χ0v) is 7.62. The van der Waals surface area contributed by atoms with Crippen LogP contribution in [0.25, 0.3) is 0 Å². The van der Waals surface area contributed by atoms with Gasteiger partial charge in [-0.2, -0.15) is 0 Å². The Balaban J connectivity index is 2.94. The second-order valence-electron chi connectivity index (χ2n) is 2.78. The number of nitrogens with zero attached hydrogens (tertiary/aromatic N) is 1. The first kappa shape index (κ1) is 10.8. The Hall–Kier alpha value is -2.24. The predicted octanol–water partition coefficient (Wildman–Crippen LogP) is 0.961. The molecular formula is C9H9NO5. The molecule has 0 atom stereocenters. The lowest BCUT2D eigenvalue weighted by Gasteiger charge is -2.16. The lowest BCUT2D eigenvalue weighted by atomic mass is 10.3. The average molecular weight is 211 g/mol. The third kappa shape index (κ3) is 2.87. The van der Waals surface area contributed by atoms with Crippen molar-refractivity contribution >= 4 is 17.7 Å². The first-order chi connectivity index (χ1) is 7.00. The van der Waals surface area contributed by atoms with E-state index in [1.807, 2.05) is 0 Å². The topological polar surface area (TPSA) is 98.1 Å². The molecule has 6 heteroatoms. The van der Waals surface area contributed by atoms with E-state index in [9.17, 15) is 9.59 Å². The van der Waals surface area contributed by atoms with Crippen molar-refractivity contribution in [2.24, 2.45) is 0 Å². The van der Waals surface area contributed by atoms with Crippen LogP contribution >= 0.6 is 0 Å². The maximum atomic E-state index is 10.7. The molecular weight excluding hydrogens is 202 g/mol. The van der Waals surface area contributed by atoms with E-state index >= 15 is 0 Å². The zero-order valence-electron chi connectivity index (χ0n) is 7.62. The van der Waals surface area contributed by atoms with Gasteiger partial charge in [-0.3, -0.25) is 9.69 Å². The fourth-order valence-electron chi connectivity index (χ4n) is 1.04. The van der Waals surface area contributed by atoms with E-state index in [1.165, 1.54) is 24.3 Å². The van der Waals surface area contributed by atoms with Gasteiger partial charge in [-0.1, -0.05) is 0 Å². The maximum absolute atomic E-state index is 10.7. The van der Waals surface area contributed by atoms with Crippen LogP contribution in [0.3, 0.4) is 0 Å². The number of phenolic OH excluding ortho intramolecular Hbond substituents is 1. The Morgan fingerprint density at radius 1 is 1.13 bits per heavy atom. The van der Waals surface area contributed by atoms with Crippen molar-refractivity contribution in [2.75, 3.05) is 11.4 Å². The molecule has 0 radical (unpaired) electrons. The maximum Gasteiger partial charge on any atom is 0.412 e. The van der Waals surface area contributed by atoms with Gasteiger partial charge in [0.25, 0.3) is 0 Å². The van der Waals surface area contributed by atoms with Gasteiger partial charge in [0.05, 0.1) is 0 Å². The Kier molecular flexibility index (Phi) is 3.12. The molecule has 1 aromatic carbocycles. The third-order valence-electron chi connectivity index (χ3n) is 1.69. The van der Waals surface area contributed by atoms with Gasteiger partial charge in [-0.15, -0.1) is 0 Å². The normalized spacial score (nSPS) is 9.60. The number of carboxylic acid groups (broad SMARTS) is 2. The Morgan fingerprint density at radius 3 is 2.07 bits per heavy atom. The molecule has 0 bridgehead atoms. The van der Waals surface area contributed by atoms with Crippen molar-refractivity contribution < 1.29 is 24.9 Å². The van der Waals surface area contributed by atoms with E-state index in [1.54, 1.807) is 0 Å². The van der Waals surface area contributed by atoms with Crippen molar-refractivity contribution in [2.45, 2.75) is 0 Å². The summed E-state index contributed by atoms with van der Waals surface area (Å²) in [6, 6.07) is 5.22. The van der Waals surface area contributed by atoms with Crippen LogP contribution in [-0.4, -0.2) is 33.9 Å². The summed E-state index contributed by atoms with van der Waals surface area (Å²) in [5.74, 6) is -1.26. The van der Waals surface area contributed by atoms with Gasteiger partial charge >= 0.3 is 12.1 Å². The van der Waals surface area contributed by atoms with Crippen LogP contribution in [0.15, 0.2) is 24.3 Å². The van der Waals surface area contributed by atoms with Crippen LogP contribution in [0.2, 0.25) is 0 Å². The second-order valence-corrected chi connectivity index (χ2v) is 2.78. The van der Waals surface area contributed by atoms with Gasteiger partial charge in [-0.25, -0.2) is 4.79 Å². The fourth-order valence-corrected chi connectivity index (χ4v) is 1.04. The standard InChI is InChI=1S/C9H9NO5/c11-7-3-1-6(2-4-7)10(9(14)15)5-8(12)13/h1-4,11H,5H2,(H,12,13)(H,14,15). The van der Waals surface area contributed by atoms with E-state index in [0.717, 1.165) is 0 Å². The highest BCUT2D eigenvalue weighted by Crippen LogP contribution is 2.18. The number of rotatable bonds is 3. The predicted molar refractivity (Wildman–Crippen MR) is 51.1 cm³/mol. The molecule has 1 amide bonds. The van der Waals surface area contributed by atoms with E-state index in [2.05, 4.69) is 0 Å². The van der Waals surface area contributed by atoms with Gasteiger partial charge in [0.2, 0.25) is 0 Å². The molecule has 0 spiro atoms. The van der Waals surface area contributed by atoms with E-state index in [4.69, 9.17) is 15.3 Å². The van der Waals surface area contributed by atoms with Gasteiger partial charge in [0.1, 0.15) is 12.3 Å². The highest BCUT2D eigenvalue weighted by molar-refractivity contribution is 5.91. The molecule has 0 aromatic heterocycles. The minimum Gasteiger partial charge on any atom is -0.508 e. The molecule has 80 valence electrons. The van der Waals surface area contributed by atoms with Gasteiger partial charge < -0.3 is 15.3 Å². The number of hydrogen-bond donors (Lipinski definition) is 3. The summed E-state index contributed by atoms with van der Waals surface area (Å²) in [6.45, 7) is -0.639. The van der Waals surface area contributed by atoms with Crippen LogP contribution in [0, 0.1) is 0 Å². The van der Waals surface area contributed by atoms with Crippen molar-refractivity contribution in [3.63, 3.8) is 0 Å². The zero-order chi connectivity index (χ0) is 11.4. The molecule has 0 heterocycles. The minimum atomic E-state index is -1.36. The van der Waals surface area contributed by atoms with E-state index in [-0.39, 0.29) is 11.4 Å². The number of hydrogen-bond acceptors (Lipinski definition) is 3. The van der Waals surface area contributed by atoms with Gasteiger partial charge in [0.15, 0.2) is 0 Å². The smallest absolute Gasteiger partial charge is 0.412 e. The first-order valence-electron chi connectivity index (χ1n) is 4.02. The highest BCUT2D eigenvalue weighted by Gasteiger charge is 2.17. The quantitative estimate of drug-likeness (QED) is 0.691. The van der Waals surface area contributed by atoms with Gasteiger partial charge in [0, 0.05) is 5.69 Å². The molecule has 0 aliphatic carbocycles. The Morgan fingerprint density at radius 2 is 1.67 bits per heavy atom. The number of aromatic hydroxyl groups is 1. The van der Waals surface area contributed by atoms with Crippen molar-refractivity contribution in [1.82, 2.24) is 0 Å². The molecule has 1 rings (SSSR count). The summed E-state index contributed by atoms with van der Waals surface area (Å²) in [4.78, 5) is 21.8. The second kappa shape index (κ2) is 4.32. The van der Waals surface area contributed by atoms with Crippen LogP contribution < -0.4 is 4.90 Å². The number of phenols is 1. The largest absolute Gasteiger partial charge is 0.508 e. The van der Waals surface area contributed by atoms with Gasteiger partial charge in [-0.05, 0) is 24.3 Å². The number of benzene rings is 1. The molecule has 0 saturated heterocycles. The lowest BCUT2D eigenvalue weighted by molar-refractivity contribution is -0.135. The Bertz CT molecular complexity index is 373. The number of aliphatic carboxylic acids is 1. The van der Waals surface area contributed by atoms with Crippen LogP contribution in [0.4, 0.5) is 10.5 Å². The van der Waals surface area contributed by atoms with Crippen molar-refractivity contribution in [1.29, 1.82) is 0 Å². The Labute approximate surface area is 85.0 Å². The third-order valence-corrected chi connectivity index (χ3v) is 1.69. The summed E-state index contributed by atoms with van der Waals surface area (Å²) in [5.41, 5.74) is 0.197. The van der Waals surface area contributed by atoms with Crippen molar-refractivity contribution in [3.8, 4) is 5.75 Å². The average Bonchev–Trinajstić information content (AvgIpc) is 2.15. The van der Waals surface area contributed by atoms with E-state index < -0.39 is 18.6 Å². The molecule has 0 aliphatic heterocycles. The van der Waals surface area contributed by atoms with Crippen LogP contribution in [-0.2, 0) is 4.79 Å². The highest BCUT2D eigenvalue weighted by atomic mass is 16.4. The molecule has 0 saturated carbocycles. The molecule has 0 fully saturated rings. The lowest BCUT2D eigenvalue weighted by Crippen LogP contribution is -2.34. The summed E-state index contributed by atoms with van der Waals surface area (Å²) < 4.78 is 0. The fraction of sp³-hybridized carbons (Fsp3) is 0.111. The number of amides is 1. The number of carboxylic acids is 1. The molecule has 0 unspecified atom stereocenters. The molecule has 1 aromatic rings. The molecule has 3 N–H and O–H groups in total. The van der Waals surface area contributed by atoms with Crippen molar-refractivity contribution in [3.05, 3.63) is 24.3 Å². The summed E-state index contributed by atoms with van der Waals surface area (Å²) in [5, 5.41) is 26.2. The molecule has 15 heavy (non-hydrogen) atoms. The summed E-state index contributed by atoms with van der Waals surface area (Å²) >= 11 is 0. The minimum absolute atomic E-state index is 0.0144. The monoisotopic (exact) mass is 211 g/mol. The van der Waals surface area contributed by atoms with Crippen LogP contribution in [0.1, 0.15) is 0 Å².